The molecule has 1 aromatic rings. The molecule has 1 atom stereocenters. The Morgan fingerprint density at radius 1 is 1.37 bits per heavy atom. The summed E-state index contributed by atoms with van der Waals surface area (Å²) in [4.78, 5) is 12.7. The van der Waals surface area contributed by atoms with E-state index in [1.807, 2.05) is 24.3 Å². The molecule has 5 heteroatoms. The molecular formula is C14H15F2NO2. The number of halogens is 2. The fourth-order valence-electron chi connectivity index (χ4n) is 3.07. The first-order chi connectivity index (χ1) is 9.12. The zero-order valence-corrected chi connectivity index (χ0v) is 10.4. The number of likely N-dealkylation sites (tertiary alicyclic amines) is 1. The van der Waals surface area contributed by atoms with E-state index in [-0.39, 0.29) is 6.54 Å². The monoisotopic (exact) mass is 267 g/mol. The molecule has 0 radical (unpaired) electrons. The normalized spacial score (nSPS) is 25.9. The van der Waals surface area contributed by atoms with E-state index in [9.17, 15) is 13.6 Å². The van der Waals surface area contributed by atoms with Crippen LogP contribution in [0.1, 0.15) is 24.0 Å². The van der Waals surface area contributed by atoms with Crippen LogP contribution in [0.2, 0.25) is 0 Å². The van der Waals surface area contributed by atoms with E-state index < -0.39 is 17.9 Å². The first-order valence-electron chi connectivity index (χ1n) is 6.42. The lowest BCUT2D eigenvalue weighted by atomic mass is 9.85. The molecule has 3 nitrogen and oxygen atoms in total. The third-order valence-corrected chi connectivity index (χ3v) is 3.97. The molecule has 1 fully saturated rings. The van der Waals surface area contributed by atoms with Gasteiger partial charge in [-0.15, -0.1) is 0 Å². The lowest BCUT2D eigenvalue weighted by Gasteiger charge is -2.40. The topological polar surface area (TPSA) is 29.5 Å². The van der Waals surface area contributed by atoms with Crippen molar-refractivity contribution in [2.24, 2.45) is 0 Å². The summed E-state index contributed by atoms with van der Waals surface area (Å²) < 4.78 is 31.0. The zero-order chi connectivity index (χ0) is 13.5. The molecule has 0 bridgehead atoms. The van der Waals surface area contributed by atoms with Crippen LogP contribution in [0.5, 0.6) is 0 Å². The van der Waals surface area contributed by atoms with Gasteiger partial charge in [-0.2, -0.15) is 8.78 Å². The average molecular weight is 267 g/mol. The molecule has 102 valence electrons. The van der Waals surface area contributed by atoms with Crippen LogP contribution in [-0.2, 0) is 21.7 Å². The second kappa shape index (κ2) is 4.56. The summed E-state index contributed by atoms with van der Waals surface area (Å²) in [6, 6.07) is 7.81. The Morgan fingerprint density at radius 2 is 2.16 bits per heavy atom. The number of amides is 1. The first kappa shape index (κ1) is 12.5. The van der Waals surface area contributed by atoms with Gasteiger partial charge in [0.2, 0.25) is 0 Å². The van der Waals surface area contributed by atoms with Crippen LogP contribution in [0.3, 0.4) is 0 Å². The van der Waals surface area contributed by atoms with Gasteiger partial charge in [0.15, 0.2) is 0 Å². The van der Waals surface area contributed by atoms with Crippen molar-refractivity contribution in [3.05, 3.63) is 35.4 Å². The molecule has 2 aliphatic heterocycles. The minimum Gasteiger partial charge on any atom is -0.364 e. The third-order valence-electron chi connectivity index (χ3n) is 3.97. The van der Waals surface area contributed by atoms with Crippen LogP contribution >= 0.6 is 0 Å². The maximum atomic E-state index is 12.6. The van der Waals surface area contributed by atoms with Crippen molar-refractivity contribution in [2.75, 3.05) is 13.1 Å². The molecule has 2 aliphatic rings. The third kappa shape index (κ3) is 2.02. The number of piperidine rings is 1. The van der Waals surface area contributed by atoms with Gasteiger partial charge in [0.25, 0.3) is 5.91 Å². The number of rotatable bonds is 1. The molecule has 19 heavy (non-hydrogen) atoms. The number of nitrogens with zero attached hydrogens (tertiary/aromatic N) is 1. The molecule has 0 aromatic heterocycles. The van der Waals surface area contributed by atoms with Crippen molar-refractivity contribution in [3.8, 4) is 0 Å². The number of fused-ring (bicyclic) bond motifs is 2. The van der Waals surface area contributed by atoms with E-state index in [2.05, 4.69) is 0 Å². The Morgan fingerprint density at radius 3 is 2.95 bits per heavy atom. The second-order valence-corrected chi connectivity index (χ2v) is 5.10. The fourth-order valence-corrected chi connectivity index (χ4v) is 3.07. The van der Waals surface area contributed by atoms with Gasteiger partial charge < -0.3 is 9.64 Å². The Balaban J connectivity index is 1.88. The number of benzene rings is 1. The molecule has 0 saturated carbocycles. The molecular weight excluding hydrogens is 252 g/mol. The van der Waals surface area contributed by atoms with Gasteiger partial charge in [0.1, 0.15) is 5.60 Å². The molecule has 3 rings (SSSR count). The summed E-state index contributed by atoms with van der Waals surface area (Å²) in [5.41, 5.74) is 1.55. The Hall–Kier alpha value is -1.49. The van der Waals surface area contributed by atoms with Gasteiger partial charge in [-0.05, 0) is 24.0 Å². The SMILES string of the molecule is O=C(C(F)F)N1CCC[C@]2(C1)OCc1ccccc12. The lowest BCUT2D eigenvalue weighted by Crippen LogP contribution is -2.50. The molecule has 1 saturated heterocycles. The van der Waals surface area contributed by atoms with E-state index in [0.717, 1.165) is 17.5 Å². The Bertz CT molecular complexity index is 502. The number of hydrogen-bond donors (Lipinski definition) is 0. The standard InChI is InChI=1S/C14H15F2NO2/c15-12(16)13(18)17-7-3-6-14(9-17)11-5-2-1-4-10(11)8-19-14/h1-2,4-5,12H,3,6-9H2/t14-/m1/s1. The minimum atomic E-state index is -2.94. The molecule has 1 aromatic carbocycles. The summed E-state index contributed by atoms with van der Waals surface area (Å²) in [7, 11) is 0. The van der Waals surface area contributed by atoms with Crippen molar-refractivity contribution in [2.45, 2.75) is 31.5 Å². The predicted molar refractivity (Wildman–Crippen MR) is 64.7 cm³/mol. The van der Waals surface area contributed by atoms with Gasteiger partial charge in [0, 0.05) is 6.54 Å². The van der Waals surface area contributed by atoms with Crippen molar-refractivity contribution >= 4 is 5.91 Å². The minimum absolute atomic E-state index is 0.229. The second-order valence-electron chi connectivity index (χ2n) is 5.10. The maximum absolute atomic E-state index is 12.6. The van der Waals surface area contributed by atoms with E-state index in [1.165, 1.54) is 4.90 Å². The van der Waals surface area contributed by atoms with Crippen LogP contribution in [-0.4, -0.2) is 30.3 Å². The highest BCUT2D eigenvalue weighted by molar-refractivity contribution is 5.79. The maximum Gasteiger partial charge on any atom is 0.315 e. The molecule has 0 unspecified atom stereocenters. The number of hydrogen-bond acceptors (Lipinski definition) is 2. The highest BCUT2D eigenvalue weighted by Gasteiger charge is 2.45. The van der Waals surface area contributed by atoms with Crippen molar-refractivity contribution in [3.63, 3.8) is 0 Å². The predicted octanol–water partition coefficient (Wildman–Crippen LogP) is 2.30. The quantitative estimate of drug-likeness (QED) is 0.781. The van der Waals surface area contributed by atoms with Crippen molar-refractivity contribution < 1.29 is 18.3 Å². The summed E-state index contributed by atoms with van der Waals surface area (Å²) in [5, 5.41) is 0. The van der Waals surface area contributed by atoms with E-state index >= 15 is 0 Å². The van der Waals surface area contributed by atoms with Crippen LogP contribution in [0.4, 0.5) is 8.78 Å². The number of ether oxygens (including phenoxy) is 1. The first-order valence-corrected chi connectivity index (χ1v) is 6.42. The number of alkyl halides is 2. The van der Waals surface area contributed by atoms with E-state index in [1.54, 1.807) is 0 Å². The summed E-state index contributed by atoms with van der Waals surface area (Å²) in [6.45, 7) is 1.11. The van der Waals surface area contributed by atoms with Crippen LogP contribution in [0.15, 0.2) is 24.3 Å². The number of carbonyl (C=O) groups is 1. The van der Waals surface area contributed by atoms with Crippen molar-refractivity contribution in [1.82, 2.24) is 4.90 Å². The summed E-state index contributed by atoms with van der Waals surface area (Å²) in [5.74, 6) is -1.09. The molecule has 1 spiro atoms. The number of carbonyl (C=O) groups excluding carboxylic acids is 1. The fraction of sp³-hybridized carbons (Fsp3) is 0.500. The Labute approximate surface area is 110 Å². The van der Waals surface area contributed by atoms with Gasteiger partial charge >= 0.3 is 6.43 Å². The highest BCUT2D eigenvalue weighted by atomic mass is 19.3. The molecule has 1 amide bonds. The van der Waals surface area contributed by atoms with Gasteiger partial charge in [0.05, 0.1) is 13.2 Å². The molecule has 2 heterocycles. The summed E-state index contributed by atoms with van der Waals surface area (Å²) in [6.07, 6.45) is -1.48. The van der Waals surface area contributed by atoms with E-state index in [0.29, 0.717) is 19.6 Å². The molecule has 0 N–H and O–H groups in total. The van der Waals surface area contributed by atoms with Crippen molar-refractivity contribution in [1.29, 1.82) is 0 Å². The summed E-state index contributed by atoms with van der Waals surface area (Å²) >= 11 is 0. The van der Waals surface area contributed by atoms with Crippen LogP contribution in [0.25, 0.3) is 0 Å². The smallest absolute Gasteiger partial charge is 0.315 e. The van der Waals surface area contributed by atoms with Gasteiger partial charge in [-0.3, -0.25) is 4.79 Å². The molecule has 0 aliphatic carbocycles. The van der Waals surface area contributed by atoms with Crippen LogP contribution in [0, 0.1) is 0 Å². The average Bonchev–Trinajstić information content (AvgIpc) is 2.77. The largest absolute Gasteiger partial charge is 0.364 e. The highest BCUT2D eigenvalue weighted by Crippen LogP contribution is 2.42. The van der Waals surface area contributed by atoms with Gasteiger partial charge in [-0.25, -0.2) is 0 Å². The van der Waals surface area contributed by atoms with Gasteiger partial charge in [-0.1, -0.05) is 24.3 Å². The zero-order valence-electron chi connectivity index (χ0n) is 10.4. The van der Waals surface area contributed by atoms with E-state index in [4.69, 9.17) is 4.74 Å². The lowest BCUT2D eigenvalue weighted by molar-refractivity contribution is -0.153. The Kier molecular flexibility index (Phi) is 3.01. The van der Waals surface area contributed by atoms with Crippen LogP contribution < -0.4 is 0 Å².